The summed E-state index contributed by atoms with van der Waals surface area (Å²) in [7, 11) is 0. The topological polar surface area (TPSA) is 18.5 Å². The number of allylic oxidation sites excluding steroid dienone is 4. The van der Waals surface area contributed by atoms with E-state index in [2.05, 4.69) is 29.8 Å². The molecule has 0 aromatic rings. The molecule has 0 spiro atoms. The van der Waals surface area contributed by atoms with Gasteiger partial charge in [0.2, 0.25) is 0 Å². The molecule has 3 heteroatoms. The first kappa shape index (κ1) is 8.13. The van der Waals surface area contributed by atoms with E-state index in [-0.39, 0.29) is 0 Å². The Bertz CT molecular complexity index is 224. The summed E-state index contributed by atoms with van der Waals surface area (Å²) in [5, 5.41) is 3.84. The van der Waals surface area contributed by atoms with E-state index in [1.165, 1.54) is 0 Å². The third kappa shape index (κ3) is 2.23. The van der Waals surface area contributed by atoms with Gasteiger partial charge in [0.15, 0.2) is 0 Å². The molecule has 0 radical (unpaired) electrons. The lowest BCUT2D eigenvalue weighted by Crippen LogP contribution is -2.39. The fourth-order valence-corrected chi connectivity index (χ4v) is 1.22. The van der Waals surface area contributed by atoms with Gasteiger partial charge in [0, 0.05) is 24.8 Å². The van der Waals surface area contributed by atoms with Crippen LogP contribution in [-0.4, -0.2) is 10.0 Å². The molecule has 0 aromatic heterocycles. The van der Waals surface area contributed by atoms with Crippen molar-refractivity contribution in [3.63, 3.8) is 0 Å². The number of hydrogen-bond donors (Lipinski definition) is 1. The van der Waals surface area contributed by atoms with Gasteiger partial charge in [0.1, 0.15) is 0 Å². The molecule has 0 unspecified atom stereocenters. The van der Waals surface area contributed by atoms with Crippen LogP contribution in [0, 0.1) is 0 Å². The van der Waals surface area contributed by atoms with E-state index in [4.69, 9.17) is 0 Å². The van der Waals surface area contributed by atoms with Crippen molar-refractivity contribution >= 4 is 0 Å². The van der Waals surface area contributed by atoms with E-state index < -0.39 is 0 Å². The first-order valence-electron chi connectivity index (χ1n) is 4.45. The number of nitrogens with zero attached hydrogens (tertiary/aromatic N) is 2. The van der Waals surface area contributed by atoms with Crippen LogP contribution in [0.4, 0.5) is 0 Å². The molecule has 0 aliphatic carbocycles. The number of rotatable bonds is 2. The average molecular weight is 175 g/mol. The fourth-order valence-electron chi connectivity index (χ4n) is 1.22. The maximum Gasteiger partial charge on any atom is 0.0190 e. The van der Waals surface area contributed by atoms with Gasteiger partial charge in [-0.1, -0.05) is 24.3 Å². The zero-order valence-electron chi connectivity index (χ0n) is 7.43. The molecule has 0 saturated heterocycles. The molecule has 68 valence electrons. The Labute approximate surface area is 78.3 Å². The van der Waals surface area contributed by atoms with Crippen molar-refractivity contribution in [2.24, 2.45) is 0 Å². The van der Waals surface area contributed by atoms with Crippen LogP contribution in [0.25, 0.3) is 0 Å². The minimum absolute atomic E-state index is 1.02. The summed E-state index contributed by atoms with van der Waals surface area (Å²) < 4.78 is 0. The van der Waals surface area contributed by atoms with Crippen LogP contribution in [0.3, 0.4) is 0 Å². The van der Waals surface area contributed by atoms with E-state index in [9.17, 15) is 0 Å². The molecule has 2 aliphatic heterocycles. The van der Waals surface area contributed by atoms with Crippen LogP contribution in [0.15, 0.2) is 49.1 Å². The van der Waals surface area contributed by atoms with E-state index in [1.807, 2.05) is 34.8 Å². The lowest BCUT2D eigenvalue weighted by atomic mass is 10.3. The lowest BCUT2D eigenvalue weighted by molar-refractivity contribution is 0.191. The quantitative estimate of drug-likeness (QED) is 0.691. The van der Waals surface area contributed by atoms with E-state index in [0.29, 0.717) is 0 Å². The van der Waals surface area contributed by atoms with Crippen molar-refractivity contribution in [3.8, 4) is 0 Å². The molecule has 0 aromatic carbocycles. The van der Waals surface area contributed by atoms with Gasteiger partial charge >= 0.3 is 0 Å². The van der Waals surface area contributed by atoms with Crippen molar-refractivity contribution in [3.05, 3.63) is 49.1 Å². The molecule has 0 amide bonds. The average Bonchev–Trinajstić information content (AvgIpc) is 2.21. The molecule has 0 saturated carbocycles. The zero-order chi connectivity index (χ0) is 8.93. The second kappa shape index (κ2) is 3.96. The monoisotopic (exact) mass is 175 g/mol. The van der Waals surface area contributed by atoms with Crippen LogP contribution >= 0.6 is 0 Å². The number of nitrogens with one attached hydrogen (secondary N) is 1. The molecule has 2 aliphatic rings. The van der Waals surface area contributed by atoms with Crippen LogP contribution in [0.5, 0.6) is 0 Å². The zero-order valence-corrected chi connectivity index (χ0v) is 7.43. The van der Waals surface area contributed by atoms with Crippen molar-refractivity contribution in [1.82, 2.24) is 15.6 Å². The molecular weight excluding hydrogens is 162 g/mol. The molecule has 2 heterocycles. The molecule has 0 atom stereocenters. The van der Waals surface area contributed by atoms with Gasteiger partial charge < -0.3 is 0 Å². The Morgan fingerprint density at radius 3 is 1.46 bits per heavy atom. The summed E-state index contributed by atoms with van der Waals surface area (Å²) in [6.45, 7) is 0. The van der Waals surface area contributed by atoms with Gasteiger partial charge in [-0.15, -0.1) is 5.53 Å². The van der Waals surface area contributed by atoms with Crippen molar-refractivity contribution in [1.29, 1.82) is 0 Å². The van der Waals surface area contributed by atoms with Gasteiger partial charge in [-0.2, -0.15) is 0 Å². The Morgan fingerprint density at radius 2 is 1.08 bits per heavy atom. The van der Waals surface area contributed by atoms with Crippen LogP contribution in [-0.2, 0) is 0 Å². The number of hydrazine groups is 2. The van der Waals surface area contributed by atoms with Crippen LogP contribution in [0.2, 0.25) is 0 Å². The van der Waals surface area contributed by atoms with Gasteiger partial charge in [-0.05, 0) is 12.8 Å². The molecule has 2 rings (SSSR count). The van der Waals surface area contributed by atoms with Crippen LogP contribution in [0.1, 0.15) is 12.8 Å². The molecule has 1 N–H and O–H groups in total. The minimum Gasteiger partial charge on any atom is -0.274 e. The Hall–Kier alpha value is -1.48. The predicted octanol–water partition coefficient (Wildman–Crippen LogP) is 1.87. The Morgan fingerprint density at radius 1 is 0.692 bits per heavy atom. The van der Waals surface area contributed by atoms with Crippen molar-refractivity contribution < 1.29 is 0 Å². The lowest BCUT2D eigenvalue weighted by Gasteiger charge is -2.26. The first-order chi connectivity index (χ1) is 6.45. The van der Waals surface area contributed by atoms with Gasteiger partial charge in [-0.3, -0.25) is 10.0 Å². The fraction of sp³-hybridized carbons (Fsp3) is 0.200. The Balaban J connectivity index is 1.89. The molecule has 13 heavy (non-hydrogen) atoms. The summed E-state index contributed by atoms with van der Waals surface area (Å²) in [5.41, 5.74) is 3.18. The van der Waals surface area contributed by atoms with E-state index >= 15 is 0 Å². The molecular formula is C10H13N3. The maximum atomic E-state index is 3.18. The third-order valence-electron chi connectivity index (χ3n) is 1.84. The standard InChI is InChI=1S/C10H13N3/c1-3-7-12(8-4-1)11-13-9-5-2-6-10-13/h3-11H,1-2H2. The Kier molecular flexibility index (Phi) is 2.48. The maximum absolute atomic E-state index is 3.18. The highest BCUT2D eigenvalue weighted by atomic mass is 15.7. The second-order valence-corrected chi connectivity index (χ2v) is 2.93. The normalized spacial score (nSPS) is 20.0. The highest BCUT2D eigenvalue weighted by molar-refractivity contribution is 5.03. The molecule has 0 fully saturated rings. The summed E-state index contributed by atoms with van der Waals surface area (Å²) >= 11 is 0. The highest BCUT2D eigenvalue weighted by Crippen LogP contribution is 2.03. The summed E-state index contributed by atoms with van der Waals surface area (Å²) in [6, 6.07) is 0. The smallest absolute Gasteiger partial charge is 0.0190 e. The SMILES string of the molecule is C1=CN(NN2C=CCC=C2)C=CC1. The first-order valence-corrected chi connectivity index (χ1v) is 4.45. The molecule has 3 nitrogen and oxygen atoms in total. The minimum atomic E-state index is 1.02. The van der Waals surface area contributed by atoms with E-state index in [1.54, 1.807) is 0 Å². The van der Waals surface area contributed by atoms with Gasteiger partial charge in [-0.25, -0.2) is 0 Å². The largest absolute Gasteiger partial charge is 0.274 e. The van der Waals surface area contributed by atoms with Crippen molar-refractivity contribution in [2.45, 2.75) is 12.8 Å². The summed E-state index contributed by atoms with van der Waals surface area (Å²) in [5.74, 6) is 0. The second-order valence-electron chi connectivity index (χ2n) is 2.93. The van der Waals surface area contributed by atoms with Gasteiger partial charge in [0.25, 0.3) is 0 Å². The summed E-state index contributed by atoms with van der Waals surface area (Å²) in [4.78, 5) is 0. The summed E-state index contributed by atoms with van der Waals surface area (Å²) in [6.07, 6.45) is 18.5. The highest BCUT2D eigenvalue weighted by Gasteiger charge is 2.00. The third-order valence-corrected chi connectivity index (χ3v) is 1.84. The van der Waals surface area contributed by atoms with E-state index in [0.717, 1.165) is 12.8 Å². The van der Waals surface area contributed by atoms with Crippen LogP contribution < -0.4 is 5.53 Å². The number of hydrogen-bond acceptors (Lipinski definition) is 3. The predicted molar refractivity (Wildman–Crippen MR) is 52.6 cm³/mol. The van der Waals surface area contributed by atoms with Gasteiger partial charge in [0.05, 0.1) is 0 Å². The van der Waals surface area contributed by atoms with Crippen molar-refractivity contribution in [2.75, 3.05) is 0 Å². The molecule has 0 bridgehead atoms.